The normalized spacial score (nSPS) is 20.5. The molecule has 2 rings (SSSR count). The van der Waals surface area contributed by atoms with E-state index in [1.807, 2.05) is 0 Å². The second kappa shape index (κ2) is 6.48. The summed E-state index contributed by atoms with van der Waals surface area (Å²) in [5.41, 5.74) is 5.51. The highest BCUT2D eigenvalue weighted by Crippen LogP contribution is 2.25. The van der Waals surface area contributed by atoms with E-state index in [1.165, 1.54) is 10.4 Å². The zero-order valence-corrected chi connectivity index (χ0v) is 13.8. The third kappa shape index (κ3) is 3.31. The number of sulfonamides is 1. The summed E-state index contributed by atoms with van der Waals surface area (Å²) in [5, 5.41) is 0. The van der Waals surface area contributed by atoms with Crippen LogP contribution in [0, 0.1) is 6.92 Å². The van der Waals surface area contributed by atoms with Gasteiger partial charge in [-0.3, -0.25) is 4.90 Å². The number of hydrogen-bond acceptors (Lipinski definition) is 5. The fourth-order valence-corrected chi connectivity index (χ4v) is 4.35. The SMILES string of the molecule is CCN1CCCC1CN(C)S(=O)(=O)c1cc(CN)oc1C. The van der Waals surface area contributed by atoms with E-state index in [0.717, 1.165) is 25.9 Å². The summed E-state index contributed by atoms with van der Waals surface area (Å²) < 4.78 is 32.1. The van der Waals surface area contributed by atoms with Crippen molar-refractivity contribution in [3.05, 3.63) is 17.6 Å². The van der Waals surface area contributed by atoms with Crippen molar-refractivity contribution in [2.45, 2.75) is 44.2 Å². The van der Waals surface area contributed by atoms with Gasteiger partial charge in [-0.1, -0.05) is 6.92 Å². The van der Waals surface area contributed by atoms with E-state index < -0.39 is 10.0 Å². The zero-order valence-electron chi connectivity index (χ0n) is 13.0. The summed E-state index contributed by atoms with van der Waals surface area (Å²) in [4.78, 5) is 2.56. The number of likely N-dealkylation sites (N-methyl/N-ethyl adjacent to an activating group) is 2. The lowest BCUT2D eigenvalue weighted by Gasteiger charge is -2.27. The van der Waals surface area contributed by atoms with Gasteiger partial charge in [0.25, 0.3) is 0 Å². The molecule has 1 aromatic heterocycles. The van der Waals surface area contributed by atoms with Gasteiger partial charge in [0.05, 0.1) is 6.54 Å². The third-order valence-electron chi connectivity index (χ3n) is 4.19. The molecule has 0 spiro atoms. The molecule has 2 heterocycles. The molecular weight excluding hydrogens is 290 g/mol. The van der Waals surface area contributed by atoms with Gasteiger partial charge in [-0.25, -0.2) is 8.42 Å². The number of rotatable bonds is 6. The zero-order chi connectivity index (χ0) is 15.6. The van der Waals surface area contributed by atoms with Crippen molar-refractivity contribution >= 4 is 10.0 Å². The van der Waals surface area contributed by atoms with Crippen molar-refractivity contribution in [1.82, 2.24) is 9.21 Å². The molecule has 1 aliphatic heterocycles. The number of aryl methyl sites for hydroxylation is 1. The van der Waals surface area contributed by atoms with E-state index in [4.69, 9.17) is 10.2 Å². The number of likely N-dealkylation sites (tertiary alicyclic amines) is 1. The summed E-state index contributed by atoms with van der Waals surface area (Å²) in [6.45, 7) is 6.50. The molecule has 1 atom stereocenters. The lowest BCUT2D eigenvalue weighted by Crippen LogP contribution is -2.41. The van der Waals surface area contributed by atoms with E-state index in [1.54, 1.807) is 14.0 Å². The summed E-state index contributed by atoms with van der Waals surface area (Å²) >= 11 is 0. The fourth-order valence-electron chi connectivity index (χ4n) is 2.96. The second-order valence-corrected chi connectivity index (χ2v) is 7.56. The summed E-state index contributed by atoms with van der Waals surface area (Å²) in [5.74, 6) is 0.900. The topological polar surface area (TPSA) is 79.8 Å². The highest BCUT2D eigenvalue weighted by molar-refractivity contribution is 7.89. The number of nitrogens with zero attached hydrogens (tertiary/aromatic N) is 2. The minimum absolute atomic E-state index is 0.201. The highest BCUT2D eigenvalue weighted by Gasteiger charge is 2.31. The molecule has 1 aliphatic rings. The Morgan fingerprint density at radius 1 is 1.52 bits per heavy atom. The molecule has 1 fully saturated rings. The fraction of sp³-hybridized carbons (Fsp3) is 0.714. The van der Waals surface area contributed by atoms with Crippen LogP contribution in [-0.2, 0) is 16.6 Å². The van der Waals surface area contributed by atoms with Crippen molar-refractivity contribution in [3.63, 3.8) is 0 Å². The Morgan fingerprint density at radius 3 is 2.81 bits per heavy atom. The van der Waals surface area contributed by atoms with E-state index in [2.05, 4.69) is 11.8 Å². The predicted octanol–water partition coefficient (Wildman–Crippen LogP) is 1.15. The number of furan rings is 1. The molecule has 2 N–H and O–H groups in total. The number of nitrogens with two attached hydrogens (primary N) is 1. The van der Waals surface area contributed by atoms with Crippen LogP contribution in [0.4, 0.5) is 0 Å². The first-order valence-corrected chi connectivity index (χ1v) is 8.84. The van der Waals surface area contributed by atoms with Crippen molar-refractivity contribution < 1.29 is 12.8 Å². The molecule has 0 aromatic carbocycles. The van der Waals surface area contributed by atoms with Crippen LogP contribution in [0.1, 0.15) is 31.3 Å². The number of hydrogen-bond donors (Lipinski definition) is 1. The predicted molar refractivity (Wildman–Crippen MR) is 81.4 cm³/mol. The molecule has 0 radical (unpaired) electrons. The Bertz CT molecular complexity index is 582. The molecule has 0 bridgehead atoms. The first kappa shape index (κ1) is 16.5. The summed E-state index contributed by atoms with van der Waals surface area (Å²) in [6, 6.07) is 1.84. The summed E-state index contributed by atoms with van der Waals surface area (Å²) in [7, 11) is -1.89. The van der Waals surface area contributed by atoms with Crippen LogP contribution in [0.25, 0.3) is 0 Å². The Balaban J connectivity index is 2.16. The minimum Gasteiger partial charge on any atom is -0.464 e. The monoisotopic (exact) mass is 315 g/mol. The smallest absolute Gasteiger partial charge is 0.246 e. The van der Waals surface area contributed by atoms with Crippen LogP contribution >= 0.6 is 0 Å². The van der Waals surface area contributed by atoms with Crippen molar-refractivity contribution in [1.29, 1.82) is 0 Å². The quantitative estimate of drug-likeness (QED) is 0.852. The second-order valence-electron chi connectivity index (χ2n) is 5.55. The van der Waals surface area contributed by atoms with Crippen LogP contribution in [-0.4, -0.2) is 50.3 Å². The van der Waals surface area contributed by atoms with E-state index in [-0.39, 0.29) is 11.4 Å². The minimum atomic E-state index is -3.52. The Morgan fingerprint density at radius 2 is 2.24 bits per heavy atom. The first-order chi connectivity index (χ1) is 9.90. The molecule has 21 heavy (non-hydrogen) atoms. The molecule has 1 saturated heterocycles. The van der Waals surface area contributed by atoms with E-state index in [0.29, 0.717) is 24.1 Å². The maximum Gasteiger partial charge on any atom is 0.246 e. The van der Waals surface area contributed by atoms with Gasteiger partial charge in [-0.15, -0.1) is 0 Å². The van der Waals surface area contributed by atoms with Gasteiger partial charge in [0.2, 0.25) is 10.0 Å². The van der Waals surface area contributed by atoms with Gasteiger partial charge < -0.3 is 10.2 Å². The Labute approximate surface area is 126 Å². The molecule has 1 aromatic rings. The molecule has 0 saturated carbocycles. The Hall–Kier alpha value is -0.890. The van der Waals surface area contributed by atoms with Crippen molar-refractivity contribution in [2.24, 2.45) is 5.73 Å². The van der Waals surface area contributed by atoms with Crippen LogP contribution in [0.3, 0.4) is 0 Å². The van der Waals surface area contributed by atoms with E-state index >= 15 is 0 Å². The van der Waals surface area contributed by atoms with Gasteiger partial charge in [-0.05, 0) is 32.9 Å². The molecular formula is C14H25N3O3S. The van der Waals surface area contributed by atoms with Gasteiger partial charge in [0, 0.05) is 25.7 Å². The van der Waals surface area contributed by atoms with E-state index in [9.17, 15) is 8.42 Å². The van der Waals surface area contributed by atoms with Gasteiger partial charge in [-0.2, -0.15) is 4.31 Å². The first-order valence-electron chi connectivity index (χ1n) is 7.40. The molecule has 6 nitrogen and oxygen atoms in total. The molecule has 1 unspecified atom stereocenters. The van der Waals surface area contributed by atoms with Crippen LogP contribution in [0.15, 0.2) is 15.4 Å². The largest absolute Gasteiger partial charge is 0.464 e. The van der Waals surface area contributed by atoms with Crippen molar-refractivity contribution in [2.75, 3.05) is 26.7 Å². The maximum absolute atomic E-state index is 12.7. The van der Waals surface area contributed by atoms with Gasteiger partial charge >= 0.3 is 0 Å². The average Bonchev–Trinajstić information content (AvgIpc) is 3.04. The lowest BCUT2D eigenvalue weighted by molar-refractivity contribution is 0.237. The molecule has 120 valence electrons. The molecule has 7 heteroatoms. The molecule has 0 amide bonds. The third-order valence-corrected chi connectivity index (χ3v) is 6.12. The standard InChI is InChI=1S/C14H25N3O3S/c1-4-17-7-5-6-12(17)10-16(3)21(18,19)14-8-13(9-15)20-11(14)2/h8,12H,4-7,9-10,15H2,1-3H3. The Kier molecular flexibility index (Phi) is 5.08. The lowest BCUT2D eigenvalue weighted by atomic mass is 10.2. The van der Waals surface area contributed by atoms with Gasteiger partial charge in [0.1, 0.15) is 16.4 Å². The maximum atomic E-state index is 12.7. The van der Waals surface area contributed by atoms with Crippen LogP contribution in [0.5, 0.6) is 0 Å². The highest BCUT2D eigenvalue weighted by atomic mass is 32.2. The molecule has 0 aliphatic carbocycles. The van der Waals surface area contributed by atoms with Crippen LogP contribution in [0.2, 0.25) is 0 Å². The summed E-state index contributed by atoms with van der Waals surface area (Å²) in [6.07, 6.45) is 2.18. The van der Waals surface area contributed by atoms with Crippen LogP contribution < -0.4 is 5.73 Å². The van der Waals surface area contributed by atoms with Gasteiger partial charge in [0.15, 0.2) is 0 Å². The average molecular weight is 315 g/mol. The van der Waals surface area contributed by atoms with Crippen molar-refractivity contribution in [3.8, 4) is 0 Å².